The number of nitrogens with one attached hydrogen (secondary N) is 1. The standard InChI is InChI=1S/C22H38N4OS/c1-15(12-13-22(6,7)16(2)24-28-9)17-10-11-18-19(23-17)25(8)20(27)26(18)14-21(3,4)5/h10-11,15-16,24H,12-14H2,1-9H3. The number of aromatic nitrogens is 3. The quantitative estimate of drug-likeness (QED) is 0.630. The molecule has 2 aromatic heterocycles. The molecule has 0 spiro atoms. The fourth-order valence-corrected chi connectivity index (χ4v) is 4.15. The smallest absolute Gasteiger partial charge is 0.290 e. The van der Waals surface area contributed by atoms with Crippen LogP contribution in [0.3, 0.4) is 0 Å². The first-order valence-electron chi connectivity index (χ1n) is 10.2. The lowest BCUT2D eigenvalue weighted by atomic mass is 9.79. The summed E-state index contributed by atoms with van der Waals surface area (Å²) in [7, 11) is 1.82. The Kier molecular flexibility index (Phi) is 7.08. The molecule has 2 atom stereocenters. The van der Waals surface area contributed by atoms with E-state index < -0.39 is 0 Å². The second-order valence-corrected chi connectivity index (χ2v) is 10.7. The minimum absolute atomic E-state index is 0.0142. The van der Waals surface area contributed by atoms with E-state index in [1.54, 1.807) is 16.5 Å². The topological polar surface area (TPSA) is 51.9 Å². The van der Waals surface area contributed by atoms with Gasteiger partial charge < -0.3 is 0 Å². The average molecular weight is 407 g/mol. The molecule has 6 heteroatoms. The summed E-state index contributed by atoms with van der Waals surface area (Å²) >= 11 is 1.68. The van der Waals surface area contributed by atoms with Crippen molar-refractivity contribution in [2.75, 3.05) is 6.26 Å². The molecule has 0 aliphatic heterocycles. The second kappa shape index (κ2) is 8.62. The van der Waals surface area contributed by atoms with Gasteiger partial charge in [-0.05, 0) is 54.9 Å². The van der Waals surface area contributed by atoms with Crippen LogP contribution in [0.5, 0.6) is 0 Å². The van der Waals surface area contributed by atoms with Crippen LogP contribution in [0.15, 0.2) is 16.9 Å². The zero-order valence-corrected chi connectivity index (χ0v) is 19.9. The van der Waals surface area contributed by atoms with Gasteiger partial charge in [0.25, 0.3) is 0 Å². The highest BCUT2D eigenvalue weighted by Gasteiger charge is 2.26. The van der Waals surface area contributed by atoms with Gasteiger partial charge in [-0.25, -0.2) is 9.78 Å². The Morgan fingerprint density at radius 3 is 2.39 bits per heavy atom. The minimum Gasteiger partial charge on any atom is -0.290 e. The van der Waals surface area contributed by atoms with Gasteiger partial charge in [-0.1, -0.05) is 53.5 Å². The molecule has 2 rings (SSSR count). The Bertz CT molecular complexity index is 860. The average Bonchev–Trinajstić information content (AvgIpc) is 2.83. The van der Waals surface area contributed by atoms with Crippen molar-refractivity contribution in [1.82, 2.24) is 18.8 Å². The van der Waals surface area contributed by atoms with Crippen LogP contribution in [-0.2, 0) is 13.6 Å². The molecular weight excluding hydrogens is 368 g/mol. The first kappa shape index (κ1) is 23.0. The molecule has 0 aliphatic rings. The van der Waals surface area contributed by atoms with Crippen molar-refractivity contribution < 1.29 is 0 Å². The summed E-state index contributed by atoms with van der Waals surface area (Å²) in [6.45, 7) is 16.3. The van der Waals surface area contributed by atoms with E-state index in [9.17, 15) is 4.79 Å². The molecule has 0 amide bonds. The molecule has 2 unspecified atom stereocenters. The Balaban J connectivity index is 2.24. The van der Waals surface area contributed by atoms with Crippen molar-refractivity contribution >= 4 is 23.1 Å². The van der Waals surface area contributed by atoms with Crippen LogP contribution in [0.2, 0.25) is 0 Å². The normalized spacial score (nSPS) is 15.2. The number of fused-ring (bicyclic) bond motifs is 1. The first-order valence-corrected chi connectivity index (χ1v) is 11.4. The second-order valence-electron chi connectivity index (χ2n) is 10.0. The lowest BCUT2D eigenvalue weighted by Gasteiger charge is -2.32. The maximum absolute atomic E-state index is 12.7. The maximum atomic E-state index is 12.7. The number of imidazole rings is 1. The van der Waals surface area contributed by atoms with E-state index in [0.29, 0.717) is 18.5 Å². The van der Waals surface area contributed by atoms with E-state index in [0.717, 1.165) is 29.7 Å². The molecule has 0 fully saturated rings. The van der Waals surface area contributed by atoms with E-state index in [-0.39, 0.29) is 16.5 Å². The van der Waals surface area contributed by atoms with Crippen LogP contribution >= 0.6 is 11.9 Å². The van der Waals surface area contributed by atoms with Crippen molar-refractivity contribution in [3.8, 4) is 0 Å². The molecule has 0 saturated carbocycles. The van der Waals surface area contributed by atoms with Crippen LogP contribution in [-0.4, -0.2) is 26.4 Å². The van der Waals surface area contributed by atoms with Gasteiger partial charge in [-0.2, -0.15) is 0 Å². The van der Waals surface area contributed by atoms with Gasteiger partial charge >= 0.3 is 5.69 Å². The Hall–Kier alpha value is -1.27. The van der Waals surface area contributed by atoms with Crippen LogP contribution in [0.1, 0.15) is 72.9 Å². The molecule has 0 saturated heterocycles. The number of hydrogen-bond donors (Lipinski definition) is 1. The zero-order chi connectivity index (χ0) is 21.3. The molecule has 0 aromatic carbocycles. The molecular formula is C22H38N4OS. The van der Waals surface area contributed by atoms with E-state index in [2.05, 4.69) is 71.6 Å². The van der Waals surface area contributed by atoms with Crippen LogP contribution in [0, 0.1) is 10.8 Å². The number of hydrogen-bond acceptors (Lipinski definition) is 4. The Morgan fingerprint density at radius 1 is 1.18 bits per heavy atom. The number of nitrogens with zero attached hydrogens (tertiary/aromatic N) is 3. The van der Waals surface area contributed by atoms with Gasteiger partial charge in [-0.15, -0.1) is 0 Å². The van der Waals surface area contributed by atoms with E-state index in [4.69, 9.17) is 4.98 Å². The van der Waals surface area contributed by atoms with Gasteiger partial charge in [0.15, 0.2) is 5.65 Å². The molecule has 0 aliphatic carbocycles. The monoisotopic (exact) mass is 406 g/mol. The third-order valence-electron chi connectivity index (χ3n) is 5.83. The van der Waals surface area contributed by atoms with Crippen LogP contribution in [0.4, 0.5) is 0 Å². The summed E-state index contributed by atoms with van der Waals surface area (Å²) in [4.78, 5) is 17.6. The molecule has 0 radical (unpaired) electrons. The highest BCUT2D eigenvalue weighted by molar-refractivity contribution is 7.96. The lowest BCUT2D eigenvalue weighted by Crippen LogP contribution is -2.36. The predicted octanol–water partition coefficient (Wildman–Crippen LogP) is 4.95. The molecule has 2 heterocycles. The highest BCUT2D eigenvalue weighted by atomic mass is 32.2. The van der Waals surface area contributed by atoms with Crippen molar-refractivity contribution in [2.45, 2.75) is 79.8 Å². The Morgan fingerprint density at radius 2 is 1.82 bits per heavy atom. The van der Waals surface area contributed by atoms with E-state index >= 15 is 0 Å². The summed E-state index contributed by atoms with van der Waals surface area (Å²) in [5.41, 5.74) is 3.05. The van der Waals surface area contributed by atoms with E-state index in [1.165, 1.54) is 0 Å². The summed E-state index contributed by atoms with van der Waals surface area (Å²) in [5.74, 6) is 0.353. The van der Waals surface area contributed by atoms with Gasteiger partial charge in [-0.3, -0.25) is 13.9 Å². The molecule has 1 N–H and O–H groups in total. The summed E-state index contributed by atoms with van der Waals surface area (Å²) in [6, 6.07) is 4.62. The van der Waals surface area contributed by atoms with Crippen molar-refractivity contribution in [3.63, 3.8) is 0 Å². The molecule has 0 bridgehead atoms. The van der Waals surface area contributed by atoms with E-state index in [1.807, 2.05) is 11.6 Å². The summed E-state index contributed by atoms with van der Waals surface area (Å²) < 4.78 is 7.01. The zero-order valence-electron chi connectivity index (χ0n) is 19.1. The van der Waals surface area contributed by atoms with Gasteiger partial charge in [0.1, 0.15) is 0 Å². The predicted molar refractivity (Wildman–Crippen MR) is 122 cm³/mol. The molecule has 2 aromatic rings. The van der Waals surface area contributed by atoms with Crippen molar-refractivity contribution in [3.05, 3.63) is 28.3 Å². The van der Waals surface area contributed by atoms with Crippen molar-refractivity contribution in [1.29, 1.82) is 0 Å². The van der Waals surface area contributed by atoms with Crippen LogP contribution in [0.25, 0.3) is 11.2 Å². The maximum Gasteiger partial charge on any atom is 0.330 e. The van der Waals surface area contributed by atoms with Crippen LogP contribution < -0.4 is 10.4 Å². The van der Waals surface area contributed by atoms with Gasteiger partial charge in [0.2, 0.25) is 0 Å². The van der Waals surface area contributed by atoms with Gasteiger partial charge in [0, 0.05) is 25.3 Å². The molecule has 28 heavy (non-hydrogen) atoms. The molecule has 5 nitrogen and oxygen atoms in total. The third kappa shape index (κ3) is 5.20. The number of aryl methyl sites for hydroxylation is 1. The Labute approximate surface area is 174 Å². The minimum atomic E-state index is 0.0142. The summed E-state index contributed by atoms with van der Waals surface area (Å²) in [5, 5.41) is 0. The van der Waals surface area contributed by atoms with Crippen molar-refractivity contribution in [2.24, 2.45) is 17.9 Å². The lowest BCUT2D eigenvalue weighted by molar-refractivity contribution is 0.252. The molecule has 158 valence electrons. The SMILES string of the molecule is CSNC(C)C(C)(C)CCC(C)c1ccc2c(n1)n(C)c(=O)n2CC(C)(C)C. The third-order valence-corrected chi connectivity index (χ3v) is 6.42. The largest absolute Gasteiger partial charge is 0.330 e. The number of rotatable bonds is 8. The number of pyridine rings is 1. The fraction of sp³-hybridized carbons (Fsp3) is 0.727. The first-order chi connectivity index (χ1) is 12.9. The highest BCUT2D eigenvalue weighted by Crippen LogP contribution is 2.32. The summed E-state index contributed by atoms with van der Waals surface area (Å²) in [6.07, 6.45) is 4.26. The fourth-order valence-electron chi connectivity index (χ4n) is 3.48. The van der Waals surface area contributed by atoms with Gasteiger partial charge in [0.05, 0.1) is 5.52 Å².